The molecule has 0 radical (unpaired) electrons. The van der Waals surface area contributed by atoms with E-state index in [1.165, 1.54) is 24.0 Å². The summed E-state index contributed by atoms with van der Waals surface area (Å²) in [6.45, 7) is 0.940. The molecule has 1 fully saturated rings. The van der Waals surface area contributed by atoms with Crippen molar-refractivity contribution in [2.24, 2.45) is 0 Å². The zero-order chi connectivity index (χ0) is 14.5. The minimum Gasteiger partial charge on any atom is -0.393 e. The van der Waals surface area contributed by atoms with Gasteiger partial charge in [-0.05, 0) is 6.92 Å². The number of aromatic nitrogens is 4. The van der Waals surface area contributed by atoms with Gasteiger partial charge in [-0.15, -0.1) is 0 Å². The van der Waals surface area contributed by atoms with Crippen LogP contribution in [0.3, 0.4) is 0 Å². The molecule has 0 bridgehead atoms. The Bertz CT molecular complexity index is 650. The summed E-state index contributed by atoms with van der Waals surface area (Å²) in [7, 11) is 0. The molecule has 1 saturated heterocycles. The summed E-state index contributed by atoms with van der Waals surface area (Å²) < 4.78 is 21.0. The number of hydrogen-bond donors (Lipinski definition) is 3. The number of anilines is 1. The van der Waals surface area contributed by atoms with Crippen molar-refractivity contribution >= 4 is 11.5 Å². The second-order valence-electron chi connectivity index (χ2n) is 4.96. The second kappa shape index (κ2) is 4.33. The lowest BCUT2D eigenvalue weighted by Gasteiger charge is -2.24. The average molecular weight is 283 g/mol. The molecule has 20 heavy (non-hydrogen) atoms. The molecule has 0 amide bonds. The maximum atomic E-state index is 14.3. The summed E-state index contributed by atoms with van der Waals surface area (Å²) in [5.41, 5.74) is 4.87. The van der Waals surface area contributed by atoms with Crippen molar-refractivity contribution in [2.75, 3.05) is 12.3 Å². The van der Waals surface area contributed by atoms with Crippen molar-refractivity contribution in [1.82, 2.24) is 19.6 Å². The molecule has 0 aliphatic carbocycles. The lowest BCUT2D eigenvalue weighted by atomic mass is 9.98. The third kappa shape index (κ3) is 1.67. The molecule has 0 aromatic carbocycles. The number of aliphatic hydroxyl groups is 2. The zero-order valence-corrected chi connectivity index (χ0v) is 10.6. The van der Waals surface area contributed by atoms with E-state index in [0.717, 1.165) is 0 Å². The first-order valence-corrected chi connectivity index (χ1v) is 6.03. The Balaban J connectivity index is 2.06. The fourth-order valence-electron chi connectivity index (χ4n) is 2.33. The molecular formula is C11H14FN5O3. The van der Waals surface area contributed by atoms with Crippen LogP contribution in [0.25, 0.3) is 5.65 Å². The number of nitrogens with zero attached hydrogens (tertiary/aromatic N) is 4. The lowest BCUT2D eigenvalue weighted by molar-refractivity contribution is -0.100. The SMILES string of the molecule is C[C@]1(CO)O[C@@H](c2cnc3c(N)ncnn23)[C@H](F)[C@@H]1O. The van der Waals surface area contributed by atoms with E-state index >= 15 is 0 Å². The number of nitrogens with two attached hydrogens (primary N) is 1. The standard InChI is InChI=1S/C11H14FN5O3/c1-11(3-18)8(19)6(12)7(20-11)5-2-14-10-9(13)15-4-16-17(5)10/h2,4,6-8,18-19H,3H2,1H3,(H2,13,15,16)/t6-,7-,8-,11+/m0/s1. The van der Waals surface area contributed by atoms with Crippen LogP contribution in [-0.2, 0) is 4.74 Å². The van der Waals surface area contributed by atoms with Crippen LogP contribution >= 0.6 is 0 Å². The van der Waals surface area contributed by atoms with Gasteiger partial charge in [0.1, 0.15) is 24.1 Å². The van der Waals surface area contributed by atoms with Crippen LogP contribution in [0.5, 0.6) is 0 Å². The minimum absolute atomic E-state index is 0.158. The Morgan fingerprint density at radius 2 is 2.30 bits per heavy atom. The van der Waals surface area contributed by atoms with Crippen LogP contribution in [0.15, 0.2) is 12.5 Å². The number of nitrogen functional groups attached to an aromatic ring is 1. The van der Waals surface area contributed by atoms with E-state index in [9.17, 15) is 14.6 Å². The second-order valence-corrected chi connectivity index (χ2v) is 4.96. The molecule has 1 aliphatic heterocycles. The molecule has 2 aromatic heterocycles. The molecule has 108 valence electrons. The van der Waals surface area contributed by atoms with E-state index in [1.807, 2.05) is 0 Å². The molecule has 3 heterocycles. The number of aliphatic hydroxyl groups excluding tert-OH is 2. The van der Waals surface area contributed by atoms with E-state index in [1.54, 1.807) is 0 Å². The fraction of sp³-hybridized carbons (Fsp3) is 0.545. The van der Waals surface area contributed by atoms with Gasteiger partial charge in [-0.2, -0.15) is 5.10 Å². The third-order valence-corrected chi connectivity index (χ3v) is 3.58. The number of fused-ring (bicyclic) bond motifs is 1. The number of halogens is 1. The molecule has 3 rings (SSSR count). The summed E-state index contributed by atoms with van der Waals surface area (Å²) in [6.07, 6.45) is -1.65. The molecule has 8 nitrogen and oxygen atoms in total. The first-order chi connectivity index (χ1) is 9.48. The smallest absolute Gasteiger partial charge is 0.196 e. The summed E-state index contributed by atoms with van der Waals surface area (Å²) in [5.74, 6) is 0.158. The molecule has 1 aliphatic rings. The van der Waals surface area contributed by atoms with E-state index in [2.05, 4.69) is 15.1 Å². The Hall–Kier alpha value is -1.84. The minimum atomic E-state index is -1.71. The normalized spacial score (nSPS) is 33.9. The highest BCUT2D eigenvalue weighted by Crippen LogP contribution is 2.41. The van der Waals surface area contributed by atoms with Gasteiger partial charge in [0.15, 0.2) is 17.6 Å². The number of hydrogen-bond acceptors (Lipinski definition) is 7. The lowest BCUT2D eigenvalue weighted by Crippen LogP contribution is -2.42. The highest BCUT2D eigenvalue weighted by Gasteiger charge is 2.53. The van der Waals surface area contributed by atoms with Crippen molar-refractivity contribution in [3.63, 3.8) is 0 Å². The van der Waals surface area contributed by atoms with E-state index in [-0.39, 0.29) is 11.5 Å². The van der Waals surface area contributed by atoms with Gasteiger partial charge in [0.05, 0.1) is 18.5 Å². The number of alkyl halides is 1. The monoisotopic (exact) mass is 283 g/mol. The van der Waals surface area contributed by atoms with E-state index in [0.29, 0.717) is 5.69 Å². The predicted molar refractivity (Wildman–Crippen MR) is 65.4 cm³/mol. The summed E-state index contributed by atoms with van der Waals surface area (Å²) in [6, 6.07) is 0. The van der Waals surface area contributed by atoms with Gasteiger partial charge in [-0.25, -0.2) is 18.9 Å². The van der Waals surface area contributed by atoms with Crippen LogP contribution in [-0.4, -0.2) is 54.3 Å². The van der Waals surface area contributed by atoms with Crippen molar-refractivity contribution < 1.29 is 19.3 Å². The maximum absolute atomic E-state index is 14.3. The average Bonchev–Trinajstić information content (AvgIpc) is 2.96. The third-order valence-electron chi connectivity index (χ3n) is 3.58. The molecule has 9 heteroatoms. The number of ether oxygens (including phenoxy) is 1. The van der Waals surface area contributed by atoms with Crippen molar-refractivity contribution in [3.05, 3.63) is 18.2 Å². The number of imidazole rings is 1. The first kappa shape index (κ1) is 13.2. The first-order valence-electron chi connectivity index (χ1n) is 6.03. The van der Waals surface area contributed by atoms with Gasteiger partial charge in [0.25, 0.3) is 0 Å². The Morgan fingerprint density at radius 3 is 2.95 bits per heavy atom. The molecule has 0 unspecified atom stereocenters. The largest absolute Gasteiger partial charge is 0.393 e. The quantitative estimate of drug-likeness (QED) is 0.662. The van der Waals surface area contributed by atoms with Gasteiger partial charge in [-0.3, -0.25) is 0 Å². The zero-order valence-electron chi connectivity index (χ0n) is 10.6. The topological polar surface area (TPSA) is 119 Å². The van der Waals surface area contributed by atoms with E-state index in [4.69, 9.17) is 10.5 Å². The fourth-order valence-corrected chi connectivity index (χ4v) is 2.33. The molecule has 0 saturated carbocycles. The predicted octanol–water partition coefficient (Wildman–Crippen LogP) is -0.772. The van der Waals surface area contributed by atoms with Crippen molar-refractivity contribution in [2.45, 2.75) is 30.9 Å². The van der Waals surface area contributed by atoms with Crippen LogP contribution in [0.4, 0.5) is 10.2 Å². The molecule has 2 aromatic rings. The van der Waals surface area contributed by atoms with Crippen molar-refractivity contribution in [3.8, 4) is 0 Å². The van der Waals surface area contributed by atoms with Gasteiger partial charge < -0.3 is 20.7 Å². The molecule has 4 N–H and O–H groups in total. The summed E-state index contributed by atoms with van der Waals surface area (Å²) >= 11 is 0. The van der Waals surface area contributed by atoms with Crippen LogP contribution in [0, 0.1) is 0 Å². The van der Waals surface area contributed by atoms with Gasteiger partial charge in [0, 0.05) is 0 Å². The van der Waals surface area contributed by atoms with Crippen LogP contribution in [0.2, 0.25) is 0 Å². The Kier molecular flexibility index (Phi) is 2.85. The van der Waals surface area contributed by atoms with E-state index < -0.39 is 30.6 Å². The van der Waals surface area contributed by atoms with Crippen molar-refractivity contribution in [1.29, 1.82) is 0 Å². The molecule has 4 atom stereocenters. The Morgan fingerprint density at radius 1 is 1.55 bits per heavy atom. The van der Waals surface area contributed by atoms with Crippen LogP contribution < -0.4 is 5.73 Å². The summed E-state index contributed by atoms with van der Waals surface area (Å²) in [4.78, 5) is 7.80. The molecule has 0 spiro atoms. The van der Waals surface area contributed by atoms with Gasteiger partial charge >= 0.3 is 0 Å². The Labute approximate surface area is 113 Å². The van der Waals surface area contributed by atoms with Gasteiger partial charge in [0.2, 0.25) is 0 Å². The maximum Gasteiger partial charge on any atom is 0.196 e. The van der Waals surface area contributed by atoms with Gasteiger partial charge in [-0.1, -0.05) is 0 Å². The summed E-state index contributed by atoms with van der Waals surface area (Å²) in [5, 5.41) is 23.1. The highest BCUT2D eigenvalue weighted by atomic mass is 19.1. The highest BCUT2D eigenvalue weighted by molar-refractivity contribution is 5.58. The number of rotatable bonds is 2. The molecular weight excluding hydrogens is 269 g/mol. The van der Waals surface area contributed by atoms with Crippen LogP contribution in [0.1, 0.15) is 18.7 Å².